The highest BCUT2D eigenvalue weighted by Crippen LogP contribution is 2.23. The summed E-state index contributed by atoms with van der Waals surface area (Å²) in [6.45, 7) is 6.86. The zero-order valence-corrected chi connectivity index (χ0v) is 17.8. The fraction of sp³-hybridized carbons (Fsp3) is 0.286. The summed E-state index contributed by atoms with van der Waals surface area (Å²) in [5.74, 6) is 1.37. The number of aromatic nitrogens is 3. The second-order valence-corrected chi connectivity index (χ2v) is 7.66. The van der Waals surface area contributed by atoms with Gasteiger partial charge in [0.2, 0.25) is 0 Å². The zero-order valence-electron chi connectivity index (χ0n) is 17.0. The summed E-state index contributed by atoms with van der Waals surface area (Å²) < 4.78 is 7.83. The molecule has 0 aliphatic rings. The van der Waals surface area contributed by atoms with E-state index < -0.39 is 4.92 Å². The molecule has 0 spiro atoms. The van der Waals surface area contributed by atoms with E-state index in [-0.39, 0.29) is 23.8 Å². The number of non-ortho nitro benzene ring substituents is 1. The second-order valence-electron chi connectivity index (χ2n) is 6.72. The predicted octanol–water partition coefficient (Wildman–Crippen LogP) is 4.38. The molecular formula is C21H22N4O4S. The van der Waals surface area contributed by atoms with Crippen molar-refractivity contribution in [3.63, 3.8) is 0 Å². The van der Waals surface area contributed by atoms with Crippen LogP contribution in [-0.4, -0.2) is 31.2 Å². The van der Waals surface area contributed by atoms with Gasteiger partial charge in [-0.3, -0.25) is 14.9 Å². The first-order valence-corrected chi connectivity index (χ1v) is 10.4. The molecule has 1 heterocycles. The van der Waals surface area contributed by atoms with E-state index in [9.17, 15) is 14.9 Å². The molecule has 0 fully saturated rings. The SMILES string of the molecule is CCn1c(COc2cc(C)ccc2C)nnc1SCC(=O)c1cccc([N+](=O)[O-])c1. The molecule has 0 saturated carbocycles. The quantitative estimate of drug-likeness (QED) is 0.217. The van der Waals surface area contributed by atoms with Crippen LogP contribution in [-0.2, 0) is 13.2 Å². The lowest BCUT2D eigenvalue weighted by Gasteiger charge is -2.11. The second kappa shape index (κ2) is 9.53. The minimum Gasteiger partial charge on any atom is -0.485 e. The van der Waals surface area contributed by atoms with E-state index in [1.54, 1.807) is 6.07 Å². The Balaban J connectivity index is 1.67. The summed E-state index contributed by atoms with van der Waals surface area (Å²) in [5, 5.41) is 19.9. The minimum absolute atomic E-state index is 0.103. The van der Waals surface area contributed by atoms with Gasteiger partial charge in [-0.25, -0.2) is 0 Å². The van der Waals surface area contributed by atoms with Crippen LogP contribution in [0.25, 0.3) is 0 Å². The van der Waals surface area contributed by atoms with Crippen molar-refractivity contribution < 1.29 is 14.5 Å². The van der Waals surface area contributed by atoms with Crippen molar-refractivity contribution in [1.82, 2.24) is 14.8 Å². The maximum atomic E-state index is 12.5. The monoisotopic (exact) mass is 426 g/mol. The smallest absolute Gasteiger partial charge is 0.270 e. The van der Waals surface area contributed by atoms with Gasteiger partial charge in [-0.2, -0.15) is 0 Å². The molecule has 0 saturated heterocycles. The molecule has 30 heavy (non-hydrogen) atoms. The van der Waals surface area contributed by atoms with Gasteiger partial charge < -0.3 is 9.30 Å². The van der Waals surface area contributed by atoms with Crippen LogP contribution in [0.4, 0.5) is 5.69 Å². The van der Waals surface area contributed by atoms with Gasteiger partial charge in [-0.05, 0) is 38.0 Å². The van der Waals surface area contributed by atoms with Gasteiger partial charge in [0.1, 0.15) is 12.4 Å². The molecule has 0 aliphatic carbocycles. The number of aryl methyl sites for hydroxylation is 2. The van der Waals surface area contributed by atoms with Gasteiger partial charge in [0.05, 0.1) is 10.7 Å². The summed E-state index contributed by atoms with van der Waals surface area (Å²) in [6.07, 6.45) is 0. The fourth-order valence-electron chi connectivity index (χ4n) is 2.86. The summed E-state index contributed by atoms with van der Waals surface area (Å²) in [6, 6.07) is 11.8. The lowest BCUT2D eigenvalue weighted by Crippen LogP contribution is -2.09. The molecule has 3 rings (SSSR count). The number of hydrogen-bond acceptors (Lipinski definition) is 7. The van der Waals surface area contributed by atoms with E-state index in [1.807, 2.05) is 43.5 Å². The van der Waals surface area contributed by atoms with Gasteiger partial charge >= 0.3 is 0 Å². The lowest BCUT2D eigenvalue weighted by atomic mass is 10.1. The Morgan fingerprint density at radius 1 is 1.20 bits per heavy atom. The molecule has 0 atom stereocenters. The fourth-order valence-corrected chi connectivity index (χ4v) is 3.78. The molecule has 3 aromatic rings. The number of thioether (sulfide) groups is 1. The van der Waals surface area contributed by atoms with Crippen LogP contribution >= 0.6 is 11.8 Å². The molecule has 9 heteroatoms. The Bertz CT molecular complexity index is 1080. The average Bonchev–Trinajstić information content (AvgIpc) is 3.14. The molecule has 0 amide bonds. The predicted molar refractivity (Wildman–Crippen MR) is 114 cm³/mol. The van der Waals surface area contributed by atoms with E-state index in [2.05, 4.69) is 10.2 Å². The Morgan fingerprint density at radius 3 is 2.73 bits per heavy atom. The maximum absolute atomic E-state index is 12.5. The number of nitro groups is 1. The molecule has 2 aromatic carbocycles. The van der Waals surface area contributed by atoms with Gasteiger partial charge in [-0.15, -0.1) is 10.2 Å². The first kappa shape index (κ1) is 21.5. The van der Waals surface area contributed by atoms with Crippen molar-refractivity contribution in [2.75, 3.05) is 5.75 Å². The summed E-state index contributed by atoms with van der Waals surface area (Å²) in [5.41, 5.74) is 2.36. The Kier molecular flexibility index (Phi) is 6.83. The van der Waals surface area contributed by atoms with Crippen LogP contribution in [0.3, 0.4) is 0 Å². The highest BCUT2D eigenvalue weighted by atomic mass is 32.2. The number of carbonyl (C=O) groups is 1. The third kappa shape index (κ3) is 5.04. The van der Waals surface area contributed by atoms with Crippen LogP contribution in [0, 0.1) is 24.0 Å². The number of Topliss-reactive ketones (excluding diaryl/α,β-unsaturated/α-hetero) is 1. The average molecular weight is 426 g/mol. The minimum atomic E-state index is -0.514. The topological polar surface area (TPSA) is 100 Å². The van der Waals surface area contributed by atoms with Crippen LogP contribution in [0.15, 0.2) is 47.6 Å². The number of rotatable bonds is 9. The van der Waals surface area contributed by atoms with E-state index in [1.165, 1.54) is 30.0 Å². The number of hydrogen-bond donors (Lipinski definition) is 0. The van der Waals surface area contributed by atoms with E-state index in [4.69, 9.17) is 4.74 Å². The van der Waals surface area contributed by atoms with E-state index in [0.29, 0.717) is 23.1 Å². The molecule has 0 bridgehead atoms. The highest BCUT2D eigenvalue weighted by Gasteiger charge is 2.16. The number of nitrogens with zero attached hydrogens (tertiary/aromatic N) is 4. The number of carbonyl (C=O) groups excluding carboxylic acids is 1. The number of benzene rings is 2. The molecule has 8 nitrogen and oxygen atoms in total. The largest absolute Gasteiger partial charge is 0.485 e. The van der Waals surface area contributed by atoms with Crippen LogP contribution in [0.2, 0.25) is 0 Å². The van der Waals surface area contributed by atoms with Crippen molar-refractivity contribution in [3.05, 3.63) is 75.1 Å². The molecule has 0 aliphatic heterocycles. The zero-order chi connectivity index (χ0) is 21.7. The van der Waals surface area contributed by atoms with E-state index in [0.717, 1.165) is 16.9 Å². The molecule has 0 unspecified atom stereocenters. The Labute approximate surface area is 178 Å². The van der Waals surface area contributed by atoms with Crippen molar-refractivity contribution in [1.29, 1.82) is 0 Å². The first-order chi connectivity index (χ1) is 14.4. The number of ketones is 1. The number of nitro benzene ring substituents is 1. The van der Waals surface area contributed by atoms with Crippen molar-refractivity contribution in [3.8, 4) is 5.75 Å². The standard InChI is InChI=1S/C21H22N4O4S/c1-4-24-20(12-29-19-10-14(2)8-9-15(19)3)22-23-21(24)30-13-18(26)16-6-5-7-17(11-16)25(27)28/h5-11H,4,12-13H2,1-3H3. The third-order valence-electron chi connectivity index (χ3n) is 4.52. The highest BCUT2D eigenvalue weighted by molar-refractivity contribution is 7.99. The van der Waals surface area contributed by atoms with Crippen LogP contribution < -0.4 is 4.74 Å². The van der Waals surface area contributed by atoms with E-state index >= 15 is 0 Å². The first-order valence-electron chi connectivity index (χ1n) is 9.41. The molecule has 1 aromatic heterocycles. The molecule has 0 radical (unpaired) electrons. The molecular weight excluding hydrogens is 404 g/mol. The Morgan fingerprint density at radius 2 is 2.00 bits per heavy atom. The number of ether oxygens (including phenoxy) is 1. The third-order valence-corrected chi connectivity index (χ3v) is 5.49. The van der Waals surface area contributed by atoms with Gasteiger partial charge in [0.25, 0.3) is 5.69 Å². The molecule has 156 valence electrons. The van der Waals surface area contributed by atoms with Crippen LogP contribution in [0.5, 0.6) is 5.75 Å². The molecule has 0 N–H and O–H groups in total. The summed E-state index contributed by atoms with van der Waals surface area (Å²) >= 11 is 1.25. The van der Waals surface area contributed by atoms with Gasteiger partial charge in [-0.1, -0.05) is 36.0 Å². The Hall–Kier alpha value is -3.20. The summed E-state index contributed by atoms with van der Waals surface area (Å²) in [7, 11) is 0. The van der Waals surface area contributed by atoms with Crippen molar-refractivity contribution >= 4 is 23.2 Å². The van der Waals surface area contributed by atoms with Crippen molar-refractivity contribution in [2.24, 2.45) is 0 Å². The maximum Gasteiger partial charge on any atom is 0.270 e. The lowest BCUT2D eigenvalue weighted by molar-refractivity contribution is -0.384. The normalized spacial score (nSPS) is 10.8. The van der Waals surface area contributed by atoms with Crippen molar-refractivity contribution in [2.45, 2.75) is 39.1 Å². The van der Waals surface area contributed by atoms with Gasteiger partial charge in [0.15, 0.2) is 16.8 Å². The van der Waals surface area contributed by atoms with Crippen LogP contribution in [0.1, 0.15) is 34.2 Å². The van der Waals surface area contributed by atoms with Gasteiger partial charge in [0, 0.05) is 24.2 Å². The summed E-state index contributed by atoms with van der Waals surface area (Å²) in [4.78, 5) is 22.8.